The van der Waals surface area contributed by atoms with Crippen LogP contribution in [0.4, 0.5) is 4.79 Å². The van der Waals surface area contributed by atoms with Gasteiger partial charge in [-0.1, -0.05) is 20.8 Å². The van der Waals surface area contributed by atoms with Crippen LogP contribution in [0.5, 0.6) is 0 Å². The van der Waals surface area contributed by atoms with Gasteiger partial charge in [-0.2, -0.15) is 0 Å². The second-order valence-corrected chi connectivity index (χ2v) is 4.15. The number of carbonyl (C=O) groups is 2. The normalized spacial score (nSPS) is 23.8. The van der Waals surface area contributed by atoms with E-state index in [9.17, 15) is 9.59 Å². The third-order valence-electron chi connectivity index (χ3n) is 2.21. The molecule has 1 unspecified atom stereocenters. The molecule has 1 atom stereocenters. The molecule has 0 bridgehead atoms. The van der Waals surface area contributed by atoms with Gasteiger partial charge < -0.3 is 5.11 Å². The monoisotopic (exact) mass is 171 g/mol. The summed E-state index contributed by atoms with van der Waals surface area (Å²) in [7, 11) is 0. The van der Waals surface area contributed by atoms with Gasteiger partial charge >= 0.3 is 6.09 Å². The maximum Gasteiger partial charge on any atom is 0.414 e. The van der Waals surface area contributed by atoms with Crippen molar-refractivity contribution in [1.29, 1.82) is 0 Å². The zero-order valence-electron chi connectivity index (χ0n) is 7.50. The van der Waals surface area contributed by atoms with Crippen molar-refractivity contribution in [1.82, 2.24) is 4.90 Å². The van der Waals surface area contributed by atoms with Gasteiger partial charge in [0.2, 0.25) is 5.91 Å². The van der Waals surface area contributed by atoms with E-state index in [4.69, 9.17) is 5.11 Å². The number of β-lactam (4-membered cyclic amide) rings is 1. The Hall–Kier alpha value is -1.06. The summed E-state index contributed by atoms with van der Waals surface area (Å²) in [4.78, 5) is 22.4. The maximum absolute atomic E-state index is 11.2. The van der Waals surface area contributed by atoms with Crippen LogP contribution in [0.2, 0.25) is 0 Å². The summed E-state index contributed by atoms with van der Waals surface area (Å²) in [6, 6.07) is 0. The average Bonchev–Trinajstić information content (AvgIpc) is 1.80. The lowest BCUT2D eigenvalue weighted by atomic mass is 9.75. The zero-order chi connectivity index (χ0) is 9.52. The number of hydrogen-bond donors (Lipinski definition) is 1. The molecule has 1 fully saturated rings. The lowest BCUT2D eigenvalue weighted by molar-refractivity contribution is -0.150. The van der Waals surface area contributed by atoms with Gasteiger partial charge in [0.25, 0.3) is 0 Å². The first-order chi connectivity index (χ1) is 5.34. The summed E-state index contributed by atoms with van der Waals surface area (Å²) in [5, 5.41) is 8.49. The lowest BCUT2D eigenvalue weighted by Gasteiger charge is -2.42. The quantitative estimate of drug-likeness (QED) is 0.556. The molecule has 1 saturated heterocycles. The van der Waals surface area contributed by atoms with Crippen LogP contribution in [0.15, 0.2) is 0 Å². The molecule has 1 aliphatic heterocycles. The molecule has 2 amide bonds. The maximum atomic E-state index is 11.2. The molecule has 1 N–H and O–H groups in total. The molecule has 0 aliphatic carbocycles. The minimum atomic E-state index is -1.14. The van der Waals surface area contributed by atoms with Crippen molar-refractivity contribution >= 4 is 12.0 Å². The predicted octanol–water partition coefficient (Wildman–Crippen LogP) is 1.17. The van der Waals surface area contributed by atoms with Crippen LogP contribution in [0, 0.1) is 11.3 Å². The second kappa shape index (κ2) is 2.47. The zero-order valence-corrected chi connectivity index (χ0v) is 7.50. The van der Waals surface area contributed by atoms with Gasteiger partial charge in [-0.05, 0) is 5.41 Å². The summed E-state index contributed by atoms with van der Waals surface area (Å²) in [6.45, 7) is 6.16. The molecule has 1 heterocycles. The second-order valence-electron chi connectivity index (χ2n) is 4.15. The van der Waals surface area contributed by atoms with Gasteiger partial charge in [0.05, 0.1) is 5.92 Å². The van der Waals surface area contributed by atoms with E-state index in [1.807, 2.05) is 20.8 Å². The van der Waals surface area contributed by atoms with Crippen molar-refractivity contribution in [2.24, 2.45) is 11.3 Å². The molecule has 0 radical (unpaired) electrons. The smallest absolute Gasteiger partial charge is 0.414 e. The Labute approximate surface area is 71.2 Å². The number of rotatable bonds is 0. The molecule has 0 spiro atoms. The summed E-state index contributed by atoms with van der Waals surface area (Å²) < 4.78 is 0. The molecule has 1 rings (SSSR count). The molecule has 0 aromatic carbocycles. The fraction of sp³-hybridized carbons (Fsp3) is 0.750. The standard InChI is InChI=1S/C8H13NO3/c1-8(2,3)5-4-9(6(5)10)7(11)12/h5H,4H2,1-3H3,(H,11,12). The molecular formula is C8H13NO3. The van der Waals surface area contributed by atoms with Crippen molar-refractivity contribution in [3.05, 3.63) is 0 Å². The molecule has 68 valence electrons. The highest BCUT2D eigenvalue weighted by Gasteiger charge is 2.46. The molecule has 0 aromatic heterocycles. The van der Waals surface area contributed by atoms with Gasteiger partial charge in [-0.3, -0.25) is 4.79 Å². The first kappa shape index (κ1) is 9.03. The molecule has 4 nitrogen and oxygen atoms in total. The largest absolute Gasteiger partial charge is 0.465 e. The minimum absolute atomic E-state index is 0.122. The topological polar surface area (TPSA) is 57.6 Å². The Morgan fingerprint density at radius 2 is 2.08 bits per heavy atom. The minimum Gasteiger partial charge on any atom is -0.465 e. The number of carboxylic acid groups (broad SMARTS) is 1. The Morgan fingerprint density at radius 1 is 1.58 bits per heavy atom. The van der Waals surface area contributed by atoms with Gasteiger partial charge in [-0.15, -0.1) is 0 Å². The third-order valence-corrected chi connectivity index (χ3v) is 2.21. The number of carbonyl (C=O) groups excluding carboxylic acids is 1. The van der Waals surface area contributed by atoms with E-state index in [1.54, 1.807) is 0 Å². The molecule has 0 aromatic rings. The van der Waals surface area contributed by atoms with Crippen molar-refractivity contribution < 1.29 is 14.7 Å². The average molecular weight is 171 g/mol. The molecule has 0 saturated carbocycles. The van der Waals surface area contributed by atoms with Crippen molar-refractivity contribution in [2.45, 2.75) is 20.8 Å². The number of amides is 2. The van der Waals surface area contributed by atoms with Crippen molar-refractivity contribution in [3.63, 3.8) is 0 Å². The van der Waals surface area contributed by atoms with E-state index in [2.05, 4.69) is 0 Å². The highest BCUT2D eigenvalue weighted by molar-refractivity contribution is 5.97. The predicted molar refractivity (Wildman–Crippen MR) is 42.7 cm³/mol. The molecule has 4 heteroatoms. The van der Waals surface area contributed by atoms with Crippen LogP contribution >= 0.6 is 0 Å². The number of hydrogen-bond acceptors (Lipinski definition) is 2. The SMILES string of the molecule is CC(C)(C)C1CN(C(=O)O)C1=O. The summed E-state index contributed by atoms with van der Waals surface area (Å²) in [6.07, 6.45) is -1.14. The highest BCUT2D eigenvalue weighted by Crippen LogP contribution is 2.34. The van der Waals surface area contributed by atoms with Gasteiger partial charge in [-0.25, -0.2) is 9.69 Å². The Morgan fingerprint density at radius 3 is 2.33 bits per heavy atom. The van der Waals surface area contributed by atoms with E-state index in [-0.39, 0.29) is 17.2 Å². The van der Waals surface area contributed by atoms with Crippen molar-refractivity contribution in [2.75, 3.05) is 6.54 Å². The summed E-state index contributed by atoms with van der Waals surface area (Å²) >= 11 is 0. The van der Waals surface area contributed by atoms with Crippen LogP contribution in [0.25, 0.3) is 0 Å². The Balaban J connectivity index is 2.61. The van der Waals surface area contributed by atoms with E-state index in [1.165, 1.54) is 0 Å². The Bertz CT molecular complexity index is 229. The fourth-order valence-corrected chi connectivity index (χ4v) is 1.24. The van der Waals surface area contributed by atoms with Crippen molar-refractivity contribution in [3.8, 4) is 0 Å². The third kappa shape index (κ3) is 1.29. The van der Waals surface area contributed by atoms with Crippen LogP contribution < -0.4 is 0 Å². The van der Waals surface area contributed by atoms with Gasteiger partial charge in [0.1, 0.15) is 0 Å². The first-order valence-electron chi connectivity index (χ1n) is 3.88. The first-order valence-corrected chi connectivity index (χ1v) is 3.88. The summed E-state index contributed by atoms with van der Waals surface area (Å²) in [5.74, 6) is -0.399. The number of imide groups is 1. The molecular weight excluding hydrogens is 158 g/mol. The summed E-state index contributed by atoms with van der Waals surface area (Å²) in [5.41, 5.74) is -0.122. The molecule has 12 heavy (non-hydrogen) atoms. The van der Waals surface area contributed by atoms with Gasteiger partial charge in [0.15, 0.2) is 0 Å². The van der Waals surface area contributed by atoms with Crippen LogP contribution in [-0.4, -0.2) is 28.6 Å². The number of nitrogens with zero attached hydrogens (tertiary/aromatic N) is 1. The van der Waals surface area contributed by atoms with Crippen LogP contribution in [-0.2, 0) is 4.79 Å². The van der Waals surface area contributed by atoms with E-state index in [0.29, 0.717) is 6.54 Å². The molecule has 1 aliphatic rings. The fourth-order valence-electron chi connectivity index (χ4n) is 1.24. The van der Waals surface area contributed by atoms with E-state index < -0.39 is 6.09 Å². The van der Waals surface area contributed by atoms with Crippen LogP contribution in [0.1, 0.15) is 20.8 Å². The lowest BCUT2D eigenvalue weighted by Crippen LogP contribution is -2.58. The Kier molecular flexibility index (Phi) is 1.86. The number of likely N-dealkylation sites (tertiary alicyclic amines) is 1. The van der Waals surface area contributed by atoms with E-state index in [0.717, 1.165) is 4.90 Å². The van der Waals surface area contributed by atoms with E-state index >= 15 is 0 Å². The van der Waals surface area contributed by atoms with Gasteiger partial charge in [0, 0.05) is 6.54 Å². The highest BCUT2D eigenvalue weighted by atomic mass is 16.4. The van der Waals surface area contributed by atoms with Crippen LogP contribution in [0.3, 0.4) is 0 Å².